The van der Waals surface area contributed by atoms with Crippen LogP contribution in [-0.2, 0) is 14.3 Å². The van der Waals surface area contributed by atoms with Crippen molar-refractivity contribution in [1.29, 1.82) is 0 Å². The van der Waals surface area contributed by atoms with Gasteiger partial charge in [-0.15, -0.1) is 0 Å². The average Bonchev–Trinajstić information content (AvgIpc) is 3.33. The standard InChI is InChI=1S/C20H33NO4/c1-2-24-20-16(10-7-13-22)17(15-8-3-4-9-15)14-18(25-20)19(23)21-11-5-6-12-21/h14-17,20,22H,2-13H2,1H3/t16-,17+,20+/m0/s1. The maximum Gasteiger partial charge on any atom is 0.288 e. The van der Waals surface area contributed by atoms with Gasteiger partial charge in [0.2, 0.25) is 6.29 Å². The number of carbonyl (C=O) groups is 1. The van der Waals surface area contributed by atoms with Crippen LogP contribution in [0.5, 0.6) is 0 Å². The van der Waals surface area contributed by atoms with E-state index < -0.39 is 0 Å². The van der Waals surface area contributed by atoms with Crippen LogP contribution in [0.25, 0.3) is 0 Å². The van der Waals surface area contributed by atoms with Crippen LogP contribution in [0.2, 0.25) is 0 Å². The molecule has 1 N–H and O–H groups in total. The van der Waals surface area contributed by atoms with E-state index >= 15 is 0 Å². The molecule has 142 valence electrons. The fourth-order valence-corrected chi connectivity index (χ4v) is 4.73. The van der Waals surface area contributed by atoms with Gasteiger partial charge in [-0.3, -0.25) is 4.79 Å². The van der Waals surface area contributed by atoms with E-state index in [2.05, 4.69) is 6.08 Å². The molecule has 5 nitrogen and oxygen atoms in total. The Morgan fingerprint density at radius 2 is 2.00 bits per heavy atom. The molecule has 0 aromatic carbocycles. The SMILES string of the molecule is CCO[C@@H]1OC(C(=O)N2CCCC2)=C[C@H](C2CCCC2)[C@@H]1CCCO. The van der Waals surface area contributed by atoms with Crippen LogP contribution < -0.4 is 0 Å². The van der Waals surface area contributed by atoms with E-state index in [0.717, 1.165) is 38.8 Å². The van der Waals surface area contributed by atoms with Crippen LogP contribution in [-0.4, -0.2) is 48.5 Å². The van der Waals surface area contributed by atoms with Crippen molar-refractivity contribution >= 4 is 5.91 Å². The van der Waals surface area contributed by atoms with Crippen molar-refractivity contribution in [2.45, 2.75) is 64.6 Å². The highest BCUT2D eigenvalue weighted by molar-refractivity contribution is 5.91. The monoisotopic (exact) mass is 351 g/mol. The fourth-order valence-electron chi connectivity index (χ4n) is 4.73. The molecule has 3 rings (SSSR count). The fraction of sp³-hybridized carbons (Fsp3) is 0.850. The van der Waals surface area contributed by atoms with E-state index in [-0.39, 0.29) is 24.7 Å². The molecule has 5 heteroatoms. The number of ether oxygens (including phenoxy) is 2. The summed E-state index contributed by atoms with van der Waals surface area (Å²) >= 11 is 0. The Hall–Kier alpha value is -1.07. The molecular formula is C20H33NO4. The average molecular weight is 351 g/mol. The second kappa shape index (κ2) is 9.04. The molecular weight excluding hydrogens is 318 g/mol. The molecule has 3 aliphatic rings. The minimum absolute atomic E-state index is 0.0332. The number of rotatable bonds is 7. The van der Waals surface area contributed by atoms with Crippen LogP contribution in [0.15, 0.2) is 11.8 Å². The summed E-state index contributed by atoms with van der Waals surface area (Å²) in [5.74, 6) is 1.69. The van der Waals surface area contributed by atoms with Crippen molar-refractivity contribution in [3.05, 3.63) is 11.8 Å². The highest BCUT2D eigenvalue weighted by Gasteiger charge is 2.42. The van der Waals surface area contributed by atoms with Gasteiger partial charge in [0.1, 0.15) is 0 Å². The van der Waals surface area contributed by atoms with Gasteiger partial charge in [0.05, 0.1) is 0 Å². The third-order valence-electron chi connectivity index (χ3n) is 6.01. The van der Waals surface area contributed by atoms with E-state index in [1.54, 1.807) is 0 Å². The number of carbonyl (C=O) groups excluding carboxylic acids is 1. The van der Waals surface area contributed by atoms with Crippen molar-refractivity contribution in [2.24, 2.45) is 17.8 Å². The van der Waals surface area contributed by atoms with Gasteiger partial charge in [0.25, 0.3) is 5.91 Å². The summed E-state index contributed by atoms with van der Waals surface area (Å²) in [4.78, 5) is 14.8. The zero-order valence-electron chi connectivity index (χ0n) is 15.5. The van der Waals surface area contributed by atoms with E-state index in [1.807, 2.05) is 11.8 Å². The lowest BCUT2D eigenvalue weighted by Crippen LogP contribution is -2.42. The third-order valence-corrected chi connectivity index (χ3v) is 6.01. The summed E-state index contributed by atoms with van der Waals surface area (Å²) < 4.78 is 12.0. The quantitative estimate of drug-likeness (QED) is 0.766. The number of nitrogens with zero attached hydrogens (tertiary/aromatic N) is 1. The van der Waals surface area contributed by atoms with Gasteiger partial charge in [-0.1, -0.05) is 12.8 Å². The van der Waals surface area contributed by atoms with Crippen molar-refractivity contribution in [3.8, 4) is 0 Å². The first-order valence-electron chi connectivity index (χ1n) is 10.1. The molecule has 0 bridgehead atoms. The molecule has 1 aliphatic carbocycles. The van der Waals surface area contributed by atoms with Gasteiger partial charge >= 0.3 is 0 Å². The molecule has 0 radical (unpaired) electrons. The lowest BCUT2D eigenvalue weighted by Gasteiger charge is -2.40. The second-order valence-corrected chi connectivity index (χ2v) is 7.62. The molecule has 2 fully saturated rings. The first-order chi connectivity index (χ1) is 12.2. The summed E-state index contributed by atoms with van der Waals surface area (Å²) in [5, 5.41) is 9.29. The number of hydrogen-bond donors (Lipinski definition) is 1. The Morgan fingerprint density at radius 1 is 1.28 bits per heavy atom. The van der Waals surface area contributed by atoms with Crippen LogP contribution in [0.1, 0.15) is 58.3 Å². The molecule has 1 amide bonds. The number of aliphatic hydroxyl groups excluding tert-OH is 1. The largest absolute Gasteiger partial charge is 0.459 e. The van der Waals surface area contributed by atoms with Crippen LogP contribution in [0.4, 0.5) is 0 Å². The Labute approximate surface area is 151 Å². The van der Waals surface area contributed by atoms with Gasteiger partial charge in [-0.2, -0.15) is 0 Å². The Kier molecular flexibility index (Phi) is 6.77. The van der Waals surface area contributed by atoms with Crippen LogP contribution in [0, 0.1) is 17.8 Å². The molecule has 1 saturated heterocycles. The highest BCUT2D eigenvalue weighted by atomic mass is 16.7. The minimum Gasteiger partial charge on any atom is -0.459 e. The van der Waals surface area contributed by atoms with E-state index in [4.69, 9.17) is 9.47 Å². The number of allylic oxidation sites excluding steroid dienone is 1. The number of aliphatic hydroxyl groups is 1. The summed E-state index contributed by atoms with van der Waals surface area (Å²) in [7, 11) is 0. The maximum atomic E-state index is 12.9. The van der Waals surface area contributed by atoms with Gasteiger partial charge in [0.15, 0.2) is 5.76 Å². The lowest BCUT2D eigenvalue weighted by molar-refractivity contribution is -0.178. The van der Waals surface area contributed by atoms with E-state index in [1.165, 1.54) is 25.7 Å². The van der Waals surface area contributed by atoms with E-state index in [9.17, 15) is 9.90 Å². The van der Waals surface area contributed by atoms with Gasteiger partial charge in [-0.05, 0) is 63.4 Å². The van der Waals surface area contributed by atoms with Gasteiger partial charge < -0.3 is 19.5 Å². The Morgan fingerprint density at radius 3 is 2.64 bits per heavy atom. The second-order valence-electron chi connectivity index (χ2n) is 7.62. The summed E-state index contributed by atoms with van der Waals surface area (Å²) in [6, 6.07) is 0. The van der Waals surface area contributed by atoms with E-state index in [0.29, 0.717) is 24.2 Å². The molecule has 0 spiro atoms. The first kappa shape index (κ1) is 18.7. The summed E-state index contributed by atoms with van der Waals surface area (Å²) in [6.45, 7) is 4.40. The molecule has 0 aromatic heterocycles. The topological polar surface area (TPSA) is 59.0 Å². The van der Waals surface area contributed by atoms with Crippen molar-refractivity contribution in [3.63, 3.8) is 0 Å². The lowest BCUT2D eigenvalue weighted by atomic mass is 9.76. The summed E-state index contributed by atoms with van der Waals surface area (Å²) in [5.41, 5.74) is 0. The molecule has 25 heavy (non-hydrogen) atoms. The molecule has 1 saturated carbocycles. The number of likely N-dealkylation sites (tertiary alicyclic amines) is 1. The summed E-state index contributed by atoms with van der Waals surface area (Å²) in [6.07, 6.45) is 10.5. The minimum atomic E-state index is -0.367. The Balaban J connectivity index is 1.82. The zero-order chi connectivity index (χ0) is 17.6. The third kappa shape index (κ3) is 4.37. The predicted octanol–water partition coefficient (Wildman–Crippen LogP) is 3.08. The van der Waals surface area contributed by atoms with Crippen molar-refractivity contribution < 1.29 is 19.4 Å². The van der Waals surface area contributed by atoms with Gasteiger partial charge in [0, 0.05) is 32.2 Å². The molecule has 3 atom stereocenters. The molecule has 2 aliphatic heterocycles. The zero-order valence-corrected chi connectivity index (χ0v) is 15.5. The molecule has 0 unspecified atom stereocenters. The van der Waals surface area contributed by atoms with Crippen molar-refractivity contribution in [1.82, 2.24) is 4.90 Å². The smallest absolute Gasteiger partial charge is 0.288 e. The number of hydrogen-bond acceptors (Lipinski definition) is 4. The maximum absolute atomic E-state index is 12.9. The van der Waals surface area contributed by atoms with Crippen LogP contribution >= 0.6 is 0 Å². The Bertz CT molecular complexity index is 466. The molecule has 0 aromatic rings. The normalized spacial score (nSPS) is 30.4. The van der Waals surface area contributed by atoms with Gasteiger partial charge in [-0.25, -0.2) is 0 Å². The molecule has 2 heterocycles. The first-order valence-corrected chi connectivity index (χ1v) is 10.1. The van der Waals surface area contributed by atoms with Crippen molar-refractivity contribution in [2.75, 3.05) is 26.3 Å². The highest BCUT2D eigenvalue weighted by Crippen LogP contribution is 2.43. The predicted molar refractivity (Wildman–Crippen MR) is 95.7 cm³/mol. The van der Waals surface area contributed by atoms with Crippen LogP contribution in [0.3, 0.4) is 0 Å². The number of amides is 1.